The highest BCUT2D eigenvalue weighted by Gasteiger charge is 2.61. The number of unbranched alkanes of at least 4 members (excludes halogenated alkanes) is 2. The number of aliphatic hydroxyl groups excluding tert-OH is 20. The number of ether oxygens (including phenoxy) is 18. The molecule has 14 bridgehead atoms. The molecule has 1 aromatic heterocycles. The van der Waals surface area contributed by atoms with E-state index in [4.69, 9.17) is 91.0 Å². The van der Waals surface area contributed by atoms with E-state index in [0.29, 0.717) is 25.8 Å². The molecule has 830 valence electrons. The van der Waals surface area contributed by atoms with Crippen molar-refractivity contribution < 1.29 is 231 Å². The molecule has 23 heterocycles. The summed E-state index contributed by atoms with van der Waals surface area (Å²) in [6, 6.07) is 0. The summed E-state index contributed by atoms with van der Waals surface area (Å²) < 4.78 is 105. The van der Waals surface area contributed by atoms with Crippen LogP contribution in [0.3, 0.4) is 0 Å². The van der Waals surface area contributed by atoms with Crippen LogP contribution in [0.4, 0.5) is 0 Å². The number of aliphatic carboxylic acids is 2. The molecular weight excluding hydrogens is 1990 g/mol. The number of aryl methyl sites for hydroxylation is 1. The molecule has 21 fully saturated rings. The first-order chi connectivity index (χ1) is 68.8. The second-order valence-corrected chi connectivity index (χ2v) is 41.3. The number of hydrogen-bond donors (Lipinski definition) is 23. The van der Waals surface area contributed by atoms with E-state index in [1.807, 2.05) is 57.4 Å². The Hall–Kier alpha value is -5.04. The molecule has 145 heavy (non-hydrogen) atoms. The van der Waals surface area contributed by atoms with Crippen molar-refractivity contribution in [3.63, 3.8) is 0 Å². The van der Waals surface area contributed by atoms with E-state index in [1.54, 1.807) is 39.0 Å². The Balaban J connectivity index is 0.000000465. The number of carbonyl (C=O) groups excluding carboxylic acids is 5. The van der Waals surface area contributed by atoms with Crippen molar-refractivity contribution in [3.8, 4) is 0 Å². The van der Waals surface area contributed by atoms with Crippen LogP contribution in [-0.4, -0.2) is 481 Å². The van der Waals surface area contributed by atoms with Crippen molar-refractivity contribution in [2.45, 2.75) is 366 Å². The summed E-state index contributed by atoms with van der Waals surface area (Å²) in [5.74, 6) is -9.08. The van der Waals surface area contributed by atoms with E-state index in [1.165, 1.54) is 6.92 Å². The Morgan fingerprint density at radius 3 is 1.23 bits per heavy atom. The van der Waals surface area contributed by atoms with Gasteiger partial charge < -0.3 is 203 Å². The van der Waals surface area contributed by atoms with Crippen molar-refractivity contribution >= 4 is 82.2 Å². The summed E-state index contributed by atoms with van der Waals surface area (Å²) in [7, 11) is 0. The van der Waals surface area contributed by atoms with Crippen molar-refractivity contribution in [1.29, 1.82) is 0 Å². The molecule has 0 radical (unpaired) electrons. The molecule has 1 aromatic rings. The van der Waals surface area contributed by atoms with Gasteiger partial charge in [-0.1, -0.05) is 51.0 Å². The van der Waals surface area contributed by atoms with Crippen LogP contribution < -0.4 is 5.73 Å². The fourth-order valence-electron chi connectivity index (χ4n) is 17.8. The number of carboxylic acids is 2. The summed E-state index contributed by atoms with van der Waals surface area (Å²) in [4.78, 5) is 93.4. The molecule has 0 aromatic carbocycles. The summed E-state index contributed by atoms with van der Waals surface area (Å²) in [5, 5.41) is 251. The number of allylic oxidation sites excluding steroid dienone is 2. The number of hydrogen-bond acceptors (Lipinski definition) is 50. The Morgan fingerprint density at radius 2 is 0.876 bits per heavy atom. The number of thioether (sulfide) groups is 2. The van der Waals surface area contributed by atoms with Crippen LogP contribution in [0.2, 0.25) is 0 Å². The monoisotopic (exact) mass is 2140 g/mol. The van der Waals surface area contributed by atoms with Crippen LogP contribution in [0.5, 0.6) is 0 Å². The number of Topliss-reactive ketones (excluding diaryl/α,β-unsaturated/α-hetero) is 3. The largest absolute Gasteiger partial charge is 0.481 e. The van der Waals surface area contributed by atoms with Gasteiger partial charge in [-0.15, -0.1) is 11.3 Å². The van der Waals surface area contributed by atoms with Gasteiger partial charge in [0.25, 0.3) is 0 Å². The molecule has 52 heteroatoms. The number of ketones is 3. The molecule has 23 rings (SSSR count). The van der Waals surface area contributed by atoms with Gasteiger partial charge in [0.2, 0.25) is 0 Å². The van der Waals surface area contributed by atoms with Crippen molar-refractivity contribution in [2.24, 2.45) is 34.8 Å². The fraction of sp³-hybridized carbons (Fsp3) is 0.828. The van der Waals surface area contributed by atoms with Gasteiger partial charge in [0.05, 0.1) is 112 Å². The van der Waals surface area contributed by atoms with Crippen LogP contribution >= 0.6 is 34.9 Å². The molecule has 0 aliphatic carbocycles. The number of nitrogens with two attached hydrogens (primary N) is 1. The Morgan fingerprint density at radius 1 is 0.503 bits per heavy atom. The highest BCUT2D eigenvalue weighted by Crippen LogP contribution is 2.43. The van der Waals surface area contributed by atoms with Gasteiger partial charge in [0, 0.05) is 72.3 Å². The molecule has 22 aliphatic heterocycles. The van der Waals surface area contributed by atoms with Crippen molar-refractivity contribution in [3.05, 3.63) is 45.5 Å². The lowest BCUT2D eigenvalue weighted by Gasteiger charge is -2.50. The lowest BCUT2D eigenvalue weighted by Crippen LogP contribution is -2.68. The molecule has 16 unspecified atom stereocenters. The van der Waals surface area contributed by atoms with Gasteiger partial charge in [-0.2, -0.15) is 23.5 Å². The van der Waals surface area contributed by atoms with E-state index in [-0.39, 0.29) is 93.3 Å². The number of aromatic nitrogens is 1. The predicted molar refractivity (Wildman–Crippen MR) is 500 cm³/mol. The highest BCUT2D eigenvalue weighted by molar-refractivity contribution is 7.99. The third-order valence-electron chi connectivity index (χ3n) is 26.8. The molecule has 0 spiro atoms. The zero-order chi connectivity index (χ0) is 107. The summed E-state index contributed by atoms with van der Waals surface area (Å²) in [5.41, 5.74) is 7.04. The summed E-state index contributed by atoms with van der Waals surface area (Å²) >= 11 is 3.27. The van der Waals surface area contributed by atoms with Crippen molar-refractivity contribution in [1.82, 2.24) is 4.98 Å². The SMILES string of the molecule is C/C1=C/C[C@@H](/C(C)=C/c2csc(C)n2)OC(=O)C[C@H](OC(=O)CCCCCN)C(C)(C)C(=O)[C@H](C)[C@@H](O)[C@@H](C)/C=C\C1.CCC(CSCC1O[C@@H]2O[C@@H]3C(CO)O[C@H](O[C@@H]4C(CO)O[C@H](O[C@@H]5C(CO)O[C@H](O[C@@H]6C(CSCC(CC(=O)CCOCCOCCC(C)=O)C(=O)O)O[C@H](O[C@@H]7C(CO)O[C@H](O[C@@H]8C(CO)O[C@H](O[C@H]1[C@H](O)C2O)C(O)[C@H]8O)C(O)[C@H]7O)C(O)[C@H]6O)C(O)[C@H]5O)C(O)[C@H]4O)C(O)[C@H]3O)C(=O)O. The molecule has 49 nitrogen and oxygen atoms in total. The van der Waals surface area contributed by atoms with E-state index >= 15 is 0 Å². The fourth-order valence-corrected chi connectivity index (χ4v) is 20.8. The molecule has 0 saturated carbocycles. The zero-order valence-electron chi connectivity index (χ0n) is 82.1. The Kier molecular flexibility index (Phi) is 50.1. The Bertz CT molecular complexity index is 4250. The minimum Gasteiger partial charge on any atom is -0.481 e. The van der Waals surface area contributed by atoms with Crippen LogP contribution in [-0.2, 0) is 119 Å². The molecule has 0 amide bonds. The first-order valence-electron chi connectivity index (χ1n) is 48.5. The van der Waals surface area contributed by atoms with Crippen LogP contribution in [0.1, 0.15) is 137 Å². The molecule has 42 atom stereocenters. The van der Waals surface area contributed by atoms with E-state index in [0.717, 1.165) is 58.2 Å². The minimum absolute atomic E-state index is 0.0656. The predicted octanol–water partition coefficient (Wildman–Crippen LogP) is -5.46. The Labute approximate surface area is 849 Å². The number of aliphatic hydroxyl groups is 20. The lowest BCUT2D eigenvalue weighted by atomic mass is 9.73. The molecule has 21 saturated heterocycles. The zero-order valence-corrected chi connectivity index (χ0v) is 84.6. The first kappa shape index (κ1) is 123. The quantitative estimate of drug-likeness (QED) is 0.0171. The molecule has 24 N–H and O–H groups in total. The smallest absolute Gasteiger partial charge is 0.310 e. The second-order valence-electron chi connectivity index (χ2n) is 38.1. The number of carbonyl (C=O) groups is 7. The topological polar surface area (TPSA) is 770 Å². The highest BCUT2D eigenvalue weighted by atomic mass is 32.2. The minimum atomic E-state index is -2.31. The number of carboxylic acid groups (broad SMARTS) is 2. The van der Waals surface area contributed by atoms with Crippen LogP contribution in [0, 0.1) is 36.0 Å². The van der Waals surface area contributed by atoms with Gasteiger partial charge in [0.15, 0.2) is 44.0 Å². The maximum absolute atomic E-state index is 13.8. The number of rotatable bonds is 35. The van der Waals surface area contributed by atoms with Gasteiger partial charge in [-0.25, -0.2) is 4.98 Å². The third kappa shape index (κ3) is 33.3. The van der Waals surface area contributed by atoms with Crippen LogP contribution in [0.25, 0.3) is 6.08 Å². The number of thiazole rings is 1. The van der Waals surface area contributed by atoms with E-state index < -0.39 is 331 Å². The first-order valence-corrected chi connectivity index (χ1v) is 51.7. The maximum atomic E-state index is 13.8. The van der Waals surface area contributed by atoms with Gasteiger partial charge >= 0.3 is 23.9 Å². The second kappa shape index (κ2) is 58.9. The van der Waals surface area contributed by atoms with Gasteiger partial charge in [-0.05, 0) is 85.4 Å². The summed E-state index contributed by atoms with van der Waals surface area (Å²) in [6.07, 6.45) is -64.2. The maximum Gasteiger partial charge on any atom is 0.310 e. The van der Waals surface area contributed by atoms with Gasteiger partial charge in [0.1, 0.15) is 188 Å². The number of esters is 2. The third-order valence-corrected chi connectivity index (χ3v) is 30.0. The average molecular weight is 2140 g/mol. The van der Waals surface area contributed by atoms with Crippen LogP contribution in [0.15, 0.2) is 34.8 Å². The number of nitrogens with zero attached hydrogens (tertiary/aromatic N) is 1. The lowest BCUT2D eigenvalue weighted by molar-refractivity contribution is -0.395. The molecule has 22 aliphatic rings. The standard InChI is InChI=1S/C60H98O41S2.C33H50N2O6S/c1-3-21(52(82)83)16-102-18-29-50-36(73)43(80)59(93-29)98-48-27(14-64)89-55(39(76)32(48)69)95-45-24(11-61)88-54(38(75)31(45)68)96-46-26(13-63)92-58(42(79)35(46)72)101-51-30(19-103-17-22(53(84)85)10-23(67)5-7-87-9-8-86-6-4-20(2)66)94-60(44(81)37(51)74)99-49-28(15-65)90-56(40(77)33(49)70)97-47-25(12-62)91-57(100-50)41(78)34(47)71;1-21-12-11-13-22(2)31(38)24(4)32(39)33(6,7)28(41-29(36)14-9-8-10-17-34)19-30(37)40-27(16-15-21)23(3)18-26-20-42-25(5)35-26/h21-22,24-51,54-65,68-81H,3-19H2,1-2H3,(H,82,83)(H,84,85);11,13,15,18,20,22,24,27-28,31,38H,8-10,12,14,16-17,19,34H2,1-7H3/b;13-11-,21-15-,23-18+/t21?,22?,24?,25?,26?,27?,28?,29?,30?,31-,32-,33-,34-,35-,36-,37-,38?,39?,40?,41?,42?,43?,44?,45-,46-,47-,48-,49-,50-,51-,54-,55-,56-,57-,58-,59-,60-;22-,24+,27-,28-,31-/m10/s1. The van der Waals surface area contributed by atoms with E-state index in [9.17, 15) is 146 Å². The number of cyclic esters (lactones) is 1. The average Bonchev–Trinajstić information content (AvgIpc) is 1.35. The van der Waals surface area contributed by atoms with Gasteiger partial charge in [-0.3, -0.25) is 33.6 Å². The van der Waals surface area contributed by atoms with Crippen molar-refractivity contribution in [2.75, 3.05) is 89.0 Å². The molecular formula is C93H148N2O47S3. The summed E-state index contributed by atoms with van der Waals surface area (Å²) in [6.45, 7) is 11.0. The van der Waals surface area contributed by atoms with E-state index in [2.05, 4.69) is 4.98 Å². The normalized spacial score (nSPS) is 40.1.